The molecule has 2 aromatic rings. The molecule has 0 aliphatic heterocycles. The number of aryl methyl sites for hydroxylation is 1. The number of benzene rings is 2. The van der Waals surface area contributed by atoms with Gasteiger partial charge in [0, 0.05) is 6.21 Å². The van der Waals surface area contributed by atoms with Crippen molar-refractivity contribution < 1.29 is 8.42 Å². The quantitative estimate of drug-likeness (QED) is 0.813. The van der Waals surface area contributed by atoms with E-state index in [1.807, 2.05) is 13.0 Å². The summed E-state index contributed by atoms with van der Waals surface area (Å²) >= 11 is 0. The van der Waals surface area contributed by atoms with Crippen LogP contribution in [0.5, 0.6) is 0 Å². The highest BCUT2D eigenvalue weighted by Gasteiger charge is 2.10. The molecule has 0 radical (unpaired) electrons. The zero-order valence-corrected chi connectivity index (χ0v) is 11.6. The minimum atomic E-state index is -3.71. The average Bonchev–Trinajstić information content (AvgIpc) is 2.46. The molecule has 0 fully saturated rings. The van der Waals surface area contributed by atoms with Crippen LogP contribution in [0.1, 0.15) is 16.7 Å². The summed E-state index contributed by atoms with van der Waals surface area (Å²) in [4.78, 5) is 0.149. The summed E-state index contributed by atoms with van der Waals surface area (Å²) < 4.78 is 27.7. The maximum Gasteiger partial charge on any atom is 0.282 e. The average molecular weight is 284 g/mol. The van der Waals surface area contributed by atoms with Gasteiger partial charge >= 0.3 is 0 Å². The molecule has 0 saturated heterocycles. The van der Waals surface area contributed by atoms with Gasteiger partial charge in [-0.2, -0.15) is 18.1 Å². The zero-order valence-electron chi connectivity index (χ0n) is 10.8. The molecule has 0 atom stereocenters. The molecule has 0 saturated carbocycles. The van der Waals surface area contributed by atoms with Gasteiger partial charge in [0.1, 0.15) is 0 Å². The van der Waals surface area contributed by atoms with E-state index in [9.17, 15) is 8.42 Å². The first-order valence-electron chi connectivity index (χ1n) is 5.88. The molecule has 0 heterocycles. The Morgan fingerprint density at radius 2 is 1.85 bits per heavy atom. The second kappa shape index (κ2) is 5.68. The molecular formula is C15H12N2O2S. The second-order valence-corrected chi connectivity index (χ2v) is 5.89. The van der Waals surface area contributed by atoms with Crippen molar-refractivity contribution in [2.45, 2.75) is 11.8 Å². The maximum atomic E-state index is 12.0. The molecule has 0 bridgehead atoms. The molecule has 0 N–H and O–H groups in total. The van der Waals surface area contributed by atoms with Crippen molar-refractivity contribution in [1.82, 2.24) is 0 Å². The first-order valence-corrected chi connectivity index (χ1v) is 7.32. The van der Waals surface area contributed by atoms with Crippen LogP contribution in [0, 0.1) is 18.3 Å². The van der Waals surface area contributed by atoms with Crippen molar-refractivity contribution in [1.29, 1.82) is 5.26 Å². The van der Waals surface area contributed by atoms with Crippen molar-refractivity contribution >= 4 is 16.2 Å². The third-order valence-electron chi connectivity index (χ3n) is 2.68. The third kappa shape index (κ3) is 3.31. The molecule has 20 heavy (non-hydrogen) atoms. The Kier molecular flexibility index (Phi) is 3.97. The molecule has 4 nitrogen and oxygen atoms in total. The normalized spacial score (nSPS) is 11.4. The number of nitriles is 1. The van der Waals surface area contributed by atoms with Gasteiger partial charge in [-0.05, 0) is 36.8 Å². The molecule has 5 heteroatoms. The SMILES string of the molecule is Cc1ccc(S(=O)(=O)N=Cc2cccc(C#N)c2)cc1. The number of sulfonamides is 1. The number of nitrogens with zero attached hydrogens (tertiary/aromatic N) is 2. The van der Waals surface area contributed by atoms with E-state index in [2.05, 4.69) is 4.40 Å². The number of hydrogen-bond donors (Lipinski definition) is 0. The monoisotopic (exact) mass is 284 g/mol. The second-order valence-electron chi connectivity index (χ2n) is 4.26. The fourth-order valence-corrected chi connectivity index (χ4v) is 2.45. The van der Waals surface area contributed by atoms with E-state index >= 15 is 0 Å². The van der Waals surface area contributed by atoms with Crippen LogP contribution in [-0.2, 0) is 10.0 Å². The molecule has 2 rings (SSSR count). The van der Waals surface area contributed by atoms with Crippen LogP contribution in [0.3, 0.4) is 0 Å². The van der Waals surface area contributed by atoms with Gasteiger partial charge in [0.05, 0.1) is 16.5 Å². The van der Waals surface area contributed by atoms with E-state index in [0.29, 0.717) is 11.1 Å². The van der Waals surface area contributed by atoms with Gasteiger partial charge < -0.3 is 0 Å². The first kappa shape index (κ1) is 14.0. The van der Waals surface area contributed by atoms with Crippen LogP contribution in [0.4, 0.5) is 0 Å². The third-order valence-corrected chi connectivity index (χ3v) is 3.93. The summed E-state index contributed by atoms with van der Waals surface area (Å²) in [5.41, 5.74) is 2.01. The highest BCUT2D eigenvalue weighted by Crippen LogP contribution is 2.13. The van der Waals surface area contributed by atoms with Gasteiger partial charge in [-0.1, -0.05) is 29.8 Å². The molecule has 0 spiro atoms. The topological polar surface area (TPSA) is 70.3 Å². The van der Waals surface area contributed by atoms with Crippen molar-refractivity contribution in [3.8, 4) is 6.07 Å². The number of rotatable bonds is 3. The summed E-state index contributed by atoms with van der Waals surface area (Å²) in [7, 11) is -3.71. The van der Waals surface area contributed by atoms with Crippen LogP contribution in [0.2, 0.25) is 0 Å². The lowest BCUT2D eigenvalue weighted by Crippen LogP contribution is -1.97. The van der Waals surface area contributed by atoms with E-state index < -0.39 is 10.0 Å². The Hall–Kier alpha value is -2.45. The summed E-state index contributed by atoms with van der Waals surface area (Å²) in [6.45, 7) is 1.88. The fraction of sp³-hybridized carbons (Fsp3) is 0.0667. The van der Waals surface area contributed by atoms with Crippen molar-refractivity contribution in [3.63, 3.8) is 0 Å². The molecule has 0 aromatic heterocycles. The molecule has 0 aliphatic rings. The Morgan fingerprint density at radius 3 is 2.50 bits per heavy atom. The van der Waals surface area contributed by atoms with Crippen molar-refractivity contribution in [2.75, 3.05) is 0 Å². The Labute approximate surface area is 118 Å². The van der Waals surface area contributed by atoms with Gasteiger partial charge in [-0.3, -0.25) is 0 Å². The highest BCUT2D eigenvalue weighted by molar-refractivity contribution is 7.90. The van der Waals surface area contributed by atoms with Crippen LogP contribution >= 0.6 is 0 Å². The summed E-state index contributed by atoms with van der Waals surface area (Å²) in [6, 6.07) is 15.1. The van der Waals surface area contributed by atoms with Gasteiger partial charge in [0.15, 0.2) is 0 Å². The maximum absolute atomic E-state index is 12.0. The summed E-state index contributed by atoms with van der Waals surface area (Å²) in [6.07, 6.45) is 1.25. The largest absolute Gasteiger partial charge is 0.282 e. The van der Waals surface area contributed by atoms with Crippen molar-refractivity contribution in [2.24, 2.45) is 4.40 Å². The molecule has 100 valence electrons. The van der Waals surface area contributed by atoms with E-state index in [1.165, 1.54) is 18.3 Å². The molecule has 0 aliphatic carbocycles. The van der Waals surface area contributed by atoms with Crippen molar-refractivity contribution in [3.05, 3.63) is 65.2 Å². The molecule has 2 aromatic carbocycles. The fourth-order valence-electron chi connectivity index (χ4n) is 1.59. The smallest absolute Gasteiger partial charge is 0.199 e. The lowest BCUT2D eigenvalue weighted by Gasteiger charge is -1.99. The predicted molar refractivity (Wildman–Crippen MR) is 77.1 cm³/mol. The summed E-state index contributed by atoms with van der Waals surface area (Å²) in [5, 5.41) is 8.78. The zero-order chi connectivity index (χ0) is 14.6. The van der Waals surface area contributed by atoms with Gasteiger partial charge in [-0.25, -0.2) is 0 Å². The van der Waals surface area contributed by atoms with Gasteiger partial charge in [0.2, 0.25) is 0 Å². The Balaban J connectivity index is 2.30. The lowest BCUT2D eigenvalue weighted by molar-refractivity contribution is 0.598. The van der Waals surface area contributed by atoms with E-state index in [4.69, 9.17) is 5.26 Å². The highest BCUT2D eigenvalue weighted by atomic mass is 32.2. The predicted octanol–water partition coefficient (Wildman–Crippen LogP) is 2.67. The Morgan fingerprint density at radius 1 is 1.15 bits per heavy atom. The van der Waals surface area contributed by atoms with Gasteiger partial charge in [-0.15, -0.1) is 0 Å². The van der Waals surface area contributed by atoms with E-state index in [-0.39, 0.29) is 4.90 Å². The standard InChI is InChI=1S/C15H12N2O2S/c1-12-5-7-15(8-6-12)20(18,19)17-11-14-4-2-3-13(9-14)10-16/h2-9,11H,1H3. The number of hydrogen-bond acceptors (Lipinski definition) is 3. The first-order chi connectivity index (χ1) is 9.51. The minimum Gasteiger partial charge on any atom is -0.199 e. The summed E-state index contributed by atoms with van der Waals surface area (Å²) in [5.74, 6) is 0. The molecule has 0 unspecified atom stereocenters. The lowest BCUT2D eigenvalue weighted by atomic mass is 10.1. The van der Waals surface area contributed by atoms with Crippen LogP contribution in [0.15, 0.2) is 57.8 Å². The van der Waals surface area contributed by atoms with Crippen LogP contribution in [0.25, 0.3) is 0 Å². The van der Waals surface area contributed by atoms with E-state index in [1.54, 1.807) is 36.4 Å². The minimum absolute atomic E-state index is 0.149. The Bertz CT molecular complexity index is 785. The molecule has 0 amide bonds. The van der Waals surface area contributed by atoms with Crippen LogP contribution < -0.4 is 0 Å². The van der Waals surface area contributed by atoms with Crippen LogP contribution in [-0.4, -0.2) is 14.6 Å². The molecular weight excluding hydrogens is 272 g/mol. The van der Waals surface area contributed by atoms with E-state index in [0.717, 1.165) is 5.56 Å². The van der Waals surface area contributed by atoms with Gasteiger partial charge in [0.25, 0.3) is 10.0 Å².